The van der Waals surface area contributed by atoms with Gasteiger partial charge in [-0.15, -0.1) is 0 Å². The molecule has 15 heavy (non-hydrogen) atoms. The standard InChI is InChI=1S/C10H14N2O2S/c1-6(2)12-9(10(13)14)7-3-4-15-5-8(7)11-12/h6H,3-5H2,1-2H3,(H,13,14). The number of hydrogen-bond donors (Lipinski definition) is 1. The molecule has 0 spiro atoms. The summed E-state index contributed by atoms with van der Waals surface area (Å²) in [5, 5.41) is 13.6. The molecule has 0 aromatic carbocycles. The molecule has 0 saturated carbocycles. The fourth-order valence-electron chi connectivity index (χ4n) is 1.84. The average Bonchev–Trinajstić information content (AvgIpc) is 2.56. The molecule has 1 aromatic rings. The van der Waals surface area contributed by atoms with Gasteiger partial charge in [-0.2, -0.15) is 16.9 Å². The van der Waals surface area contributed by atoms with E-state index in [1.54, 1.807) is 4.68 Å². The first-order chi connectivity index (χ1) is 7.11. The van der Waals surface area contributed by atoms with Crippen LogP contribution < -0.4 is 0 Å². The Hall–Kier alpha value is -0.970. The molecule has 82 valence electrons. The zero-order valence-corrected chi connectivity index (χ0v) is 9.67. The van der Waals surface area contributed by atoms with Crippen molar-refractivity contribution in [2.24, 2.45) is 0 Å². The molecule has 0 fully saturated rings. The molecule has 4 nitrogen and oxygen atoms in total. The third-order valence-corrected chi connectivity index (χ3v) is 3.49. The van der Waals surface area contributed by atoms with E-state index in [2.05, 4.69) is 5.10 Å². The Morgan fingerprint density at radius 2 is 2.33 bits per heavy atom. The number of rotatable bonds is 2. The van der Waals surface area contributed by atoms with Crippen LogP contribution in [0.4, 0.5) is 0 Å². The number of aromatic carboxylic acids is 1. The molecule has 0 saturated heterocycles. The number of carboxylic acids is 1. The van der Waals surface area contributed by atoms with Crippen molar-refractivity contribution in [3.63, 3.8) is 0 Å². The van der Waals surface area contributed by atoms with Crippen LogP contribution in [0.1, 0.15) is 41.6 Å². The monoisotopic (exact) mass is 226 g/mol. The number of hydrogen-bond acceptors (Lipinski definition) is 3. The molecule has 2 heterocycles. The van der Waals surface area contributed by atoms with Crippen molar-refractivity contribution in [1.82, 2.24) is 9.78 Å². The maximum absolute atomic E-state index is 11.2. The maximum Gasteiger partial charge on any atom is 0.354 e. The van der Waals surface area contributed by atoms with Crippen LogP contribution in [0.5, 0.6) is 0 Å². The van der Waals surface area contributed by atoms with Crippen molar-refractivity contribution in [3.05, 3.63) is 17.0 Å². The summed E-state index contributed by atoms with van der Waals surface area (Å²) in [4.78, 5) is 11.2. The van der Waals surface area contributed by atoms with E-state index >= 15 is 0 Å². The Morgan fingerprint density at radius 1 is 1.60 bits per heavy atom. The molecule has 1 aromatic heterocycles. The molecule has 1 aliphatic rings. The lowest BCUT2D eigenvalue weighted by atomic mass is 10.1. The van der Waals surface area contributed by atoms with Crippen molar-refractivity contribution in [1.29, 1.82) is 0 Å². The van der Waals surface area contributed by atoms with Gasteiger partial charge in [0.2, 0.25) is 0 Å². The van der Waals surface area contributed by atoms with E-state index in [1.807, 2.05) is 25.6 Å². The normalized spacial score (nSPS) is 15.4. The van der Waals surface area contributed by atoms with Crippen LogP contribution in [0, 0.1) is 0 Å². The van der Waals surface area contributed by atoms with E-state index in [-0.39, 0.29) is 6.04 Å². The molecular formula is C10H14N2O2S. The van der Waals surface area contributed by atoms with Crippen molar-refractivity contribution in [3.8, 4) is 0 Å². The highest BCUT2D eigenvalue weighted by Crippen LogP contribution is 2.28. The number of carboxylic acid groups (broad SMARTS) is 1. The molecule has 5 heteroatoms. The van der Waals surface area contributed by atoms with Gasteiger partial charge in [0, 0.05) is 17.4 Å². The summed E-state index contributed by atoms with van der Waals surface area (Å²) < 4.78 is 1.64. The summed E-state index contributed by atoms with van der Waals surface area (Å²) in [6.45, 7) is 3.91. The van der Waals surface area contributed by atoms with Gasteiger partial charge in [0.25, 0.3) is 0 Å². The van der Waals surface area contributed by atoms with Gasteiger partial charge in [0.05, 0.1) is 5.69 Å². The van der Waals surface area contributed by atoms with Crippen LogP contribution in [0.2, 0.25) is 0 Å². The van der Waals surface area contributed by atoms with Gasteiger partial charge in [0.1, 0.15) is 5.69 Å². The fourth-order valence-corrected chi connectivity index (χ4v) is 2.76. The van der Waals surface area contributed by atoms with E-state index < -0.39 is 5.97 Å². The van der Waals surface area contributed by atoms with Crippen molar-refractivity contribution in [2.75, 3.05) is 5.75 Å². The maximum atomic E-state index is 11.2. The summed E-state index contributed by atoms with van der Waals surface area (Å²) in [7, 11) is 0. The number of carbonyl (C=O) groups is 1. The minimum absolute atomic E-state index is 0.103. The largest absolute Gasteiger partial charge is 0.477 e. The highest BCUT2D eigenvalue weighted by atomic mass is 32.2. The van der Waals surface area contributed by atoms with Crippen LogP contribution in [-0.4, -0.2) is 26.6 Å². The SMILES string of the molecule is CC(C)n1nc2c(c1C(=O)O)CCSC2. The first kappa shape index (κ1) is 10.5. The van der Waals surface area contributed by atoms with Gasteiger partial charge in [-0.3, -0.25) is 4.68 Å². The zero-order valence-electron chi connectivity index (χ0n) is 8.86. The Bertz CT molecular complexity index is 398. The Morgan fingerprint density at radius 3 is 2.93 bits per heavy atom. The topological polar surface area (TPSA) is 55.1 Å². The molecule has 0 amide bonds. The minimum Gasteiger partial charge on any atom is -0.477 e. The quantitative estimate of drug-likeness (QED) is 0.837. The third-order valence-electron chi connectivity index (χ3n) is 2.52. The minimum atomic E-state index is -0.857. The Kier molecular flexibility index (Phi) is 2.73. The van der Waals surface area contributed by atoms with Gasteiger partial charge in [-0.1, -0.05) is 0 Å². The summed E-state index contributed by atoms with van der Waals surface area (Å²) in [5.41, 5.74) is 2.28. The molecule has 2 rings (SSSR count). The fraction of sp³-hybridized carbons (Fsp3) is 0.600. The van der Waals surface area contributed by atoms with Crippen molar-refractivity contribution in [2.45, 2.75) is 32.1 Å². The first-order valence-corrected chi connectivity index (χ1v) is 6.18. The molecular weight excluding hydrogens is 212 g/mol. The van der Waals surface area contributed by atoms with Crippen molar-refractivity contribution >= 4 is 17.7 Å². The Balaban J connectivity index is 2.56. The second-order valence-corrected chi connectivity index (χ2v) is 5.03. The molecule has 1 aliphatic heterocycles. The van der Waals surface area contributed by atoms with E-state index in [1.165, 1.54) is 0 Å². The zero-order chi connectivity index (χ0) is 11.0. The average molecular weight is 226 g/mol. The van der Waals surface area contributed by atoms with E-state index in [0.717, 1.165) is 29.2 Å². The van der Waals surface area contributed by atoms with Crippen LogP contribution >= 0.6 is 11.8 Å². The number of aromatic nitrogens is 2. The highest BCUT2D eigenvalue weighted by molar-refractivity contribution is 7.98. The second kappa shape index (κ2) is 3.89. The summed E-state index contributed by atoms with van der Waals surface area (Å²) in [6, 6.07) is 0.103. The molecule has 0 radical (unpaired) electrons. The summed E-state index contributed by atoms with van der Waals surface area (Å²) in [5.74, 6) is 0.983. The van der Waals surface area contributed by atoms with Gasteiger partial charge in [-0.05, 0) is 26.0 Å². The van der Waals surface area contributed by atoms with Crippen LogP contribution in [0.3, 0.4) is 0 Å². The molecule has 1 N–H and O–H groups in total. The highest BCUT2D eigenvalue weighted by Gasteiger charge is 2.25. The first-order valence-electron chi connectivity index (χ1n) is 5.02. The van der Waals surface area contributed by atoms with Gasteiger partial charge >= 0.3 is 5.97 Å². The van der Waals surface area contributed by atoms with Gasteiger partial charge < -0.3 is 5.11 Å². The van der Waals surface area contributed by atoms with E-state index in [4.69, 9.17) is 0 Å². The molecule has 0 unspecified atom stereocenters. The van der Waals surface area contributed by atoms with Gasteiger partial charge in [-0.25, -0.2) is 4.79 Å². The third kappa shape index (κ3) is 1.76. The second-order valence-electron chi connectivity index (χ2n) is 3.92. The summed E-state index contributed by atoms with van der Waals surface area (Å²) in [6.07, 6.45) is 0.828. The van der Waals surface area contributed by atoms with Crippen LogP contribution in [-0.2, 0) is 12.2 Å². The number of thioether (sulfide) groups is 1. The molecule has 0 atom stereocenters. The van der Waals surface area contributed by atoms with Crippen LogP contribution in [0.25, 0.3) is 0 Å². The summed E-state index contributed by atoms with van der Waals surface area (Å²) >= 11 is 1.81. The smallest absolute Gasteiger partial charge is 0.354 e. The van der Waals surface area contributed by atoms with E-state index in [9.17, 15) is 9.90 Å². The Labute approximate surface area is 92.7 Å². The van der Waals surface area contributed by atoms with Crippen LogP contribution in [0.15, 0.2) is 0 Å². The number of fused-ring (bicyclic) bond motifs is 1. The van der Waals surface area contributed by atoms with Crippen molar-refractivity contribution < 1.29 is 9.90 Å². The number of nitrogens with zero attached hydrogens (tertiary/aromatic N) is 2. The lowest BCUT2D eigenvalue weighted by molar-refractivity contribution is 0.0680. The van der Waals surface area contributed by atoms with E-state index in [0.29, 0.717) is 5.69 Å². The predicted octanol–water partition coefficient (Wildman–Crippen LogP) is 1.95. The lowest BCUT2D eigenvalue weighted by Crippen LogP contribution is -2.14. The lowest BCUT2D eigenvalue weighted by Gasteiger charge is -2.10. The predicted molar refractivity (Wildman–Crippen MR) is 59.4 cm³/mol. The van der Waals surface area contributed by atoms with Gasteiger partial charge in [0.15, 0.2) is 0 Å². The molecule has 0 bridgehead atoms. The molecule has 0 aliphatic carbocycles.